The highest BCUT2D eigenvalue weighted by molar-refractivity contribution is 9.10. The van der Waals surface area contributed by atoms with Gasteiger partial charge in [0.05, 0.1) is 9.95 Å². The minimum Gasteiger partial charge on any atom is -0.311 e. The second kappa shape index (κ2) is 6.24. The zero-order valence-electron chi connectivity index (χ0n) is 10.9. The minimum absolute atomic E-state index is 0.0220. The van der Waals surface area contributed by atoms with E-state index >= 15 is 0 Å². The molecule has 0 aliphatic rings. The van der Waals surface area contributed by atoms with Crippen LogP contribution in [0, 0.1) is 10.1 Å². The van der Waals surface area contributed by atoms with Gasteiger partial charge in [-0.25, -0.2) is 0 Å². The summed E-state index contributed by atoms with van der Waals surface area (Å²) in [7, 11) is 1.60. The Bertz CT molecular complexity index is 704. The van der Waals surface area contributed by atoms with Crippen molar-refractivity contribution < 1.29 is 9.72 Å². The van der Waals surface area contributed by atoms with Gasteiger partial charge in [-0.05, 0) is 46.3 Å². The normalized spacial score (nSPS) is 10.2. The Kier molecular flexibility index (Phi) is 4.59. The number of benzene rings is 2. The molecule has 0 heterocycles. The molecule has 7 heteroatoms. The van der Waals surface area contributed by atoms with Crippen molar-refractivity contribution in [3.8, 4) is 0 Å². The molecule has 0 aromatic heterocycles. The lowest BCUT2D eigenvalue weighted by atomic mass is 10.2. The number of carbonyl (C=O) groups excluding carboxylic acids is 1. The van der Waals surface area contributed by atoms with Crippen molar-refractivity contribution in [1.82, 2.24) is 0 Å². The quantitative estimate of drug-likeness (QED) is 0.599. The number of nitro benzene ring substituents is 1. The van der Waals surface area contributed by atoms with Crippen molar-refractivity contribution in [2.24, 2.45) is 0 Å². The number of non-ortho nitro benzene ring substituents is 1. The first-order valence-electron chi connectivity index (χ1n) is 5.87. The predicted octanol–water partition coefficient (Wildman–Crippen LogP) is 4.29. The Balaban J connectivity index is 2.25. The van der Waals surface area contributed by atoms with Gasteiger partial charge in [0.25, 0.3) is 11.6 Å². The van der Waals surface area contributed by atoms with E-state index in [4.69, 9.17) is 11.6 Å². The molecule has 0 aliphatic heterocycles. The minimum atomic E-state index is -0.486. The molecule has 108 valence electrons. The van der Waals surface area contributed by atoms with Crippen LogP contribution in [0.3, 0.4) is 0 Å². The molecule has 2 aromatic carbocycles. The summed E-state index contributed by atoms with van der Waals surface area (Å²) in [4.78, 5) is 23.9. The van der Waals surface area contributed by atoms with Crippen molar-refractivity contribution in [2.75, 3.05) is 11.9 Å². The van der Waals surface area contributed by atoms with E-state index < -0.39 is 4.92 Å². The van der Waals surface area contributed by atoms with E-state index in [9.17, 15) is 14.9 Å². The van der Waals surface area contributed by atoms with Gasteiger partial charge in [-0.3, -0.25) is 14.9 Å². The van der Waals surface area contributed by atoms with E-state index in [1.54, 1.807) is 25.2 Å². The number of halogens is 2. The molecule has 2 aromatic rings. The average molecular weight is 370 g/mol. The van der Waals surface area contributed by atoms with Crippen molar-refractivity contribution in [2.45, 2.75) is 0 Å². The summed E-state index contributed by atoms with van der Waals surface area (Å²) in [6, 6.07) is 10.7. The van der Waals surface area contributed by atoms with Crippen molar-refractivity contribution in [3.05, 3.63) is 67.6 Å². The molecule has 21 heavy (non-hydrogen) atoms. The van der Waals surface area contributed by atoms with Gasteiger partial charge in [0, 0.05) is 34.9 Å². The lowest BCUT2D eigenvalue weighted by Gasteiger charge is -2.17. The van der Waals surface area contributed by atoms with Crippen molar-refractivity contribution in [1.29, 1.82) is 0 Å². The second-order valence-corrected chi connectivity index (χ2v) is 5.53. The fraction of sp³-hybridized carbons (Fsp3) is 0.0714. The number of carbonyl (C=O) groups is 1. The van der Waals surface area contributed by atoms with E-state index in [-0.39, 0.29) is 11.6 Å². The van der Waals surface area contributed by atoms with Crippen LogP contribution in [-0.2, 0) is 0 Å². The molecule has 2 rings (SSSR count). The largest absolute Gasteiger partial charge is 0.311 e. The first kappa shape index (κ1) is 15.5. The molecule has 0 saturated carbocycles. The lowest BCUT2D eigenvalue weighted by Crippen LogP contribution is -2.26. The van der Waals surface area contributed by atoms with E-state index in [1.807, 2.05) is 0 Å². The van der Waals surface area contributed by atoms with Crippen LogP contribution in [0.5, 0.6) is 0 Å². The molecule has 0 fully saturated rings. The standard InChI is InChI=1S/C14H10BrClN2O3/c1-17(10-3-5-11(6-4-10)18(20)21)14(19)9-2-7-12(15)13(16)8-9/h2-8H,1H3. The molecule has 5 nitrogen and oxygen atoms in total. The van der Waals surface area contributed by atoms with Gasteiger partial charge in [-0.2, -0.15) is 0 Å². The summed E-state index contributed by atoms with van der Waals surface area (Å²) in [5, 5.41) is 11.1. The first-order chi connectivity index (χ1) is 9.90. The second-order valence-electron chi connectivity index (χ2n) is 4.27. The summed E-state index contributed by atoms with van der Waals surface area (Å²) in [6.45, 7) is 0. The summed E-state index contributed by atoms with van der Waals surface area (Å²) in [6.07, 6.45) is 0. The molecular weight excluding hydrogens is 360 g/mol. The van der Waals surface area contributed by atoms with Gasteiger partial charge >= 0.3 is 0 Å². The lowest BCUT2D eigenvalue weighted by molar-refractivity contribution is -0.384. The molecule has 0 aliphatic carbocycles. The fourth-order valence-corrected chi connectivity index (χ4v) is 2.17. The number of rotatable bonds is 3. The Labute approximate surface area is 134 Å². The smallest absolute Gasteiger partial charge is 0.269 e. The molecule has 0 saturated heterocycles. The van der Waals surface area contributed by atoms with E-state index in [0.29, 0.717) is 20.7 Å². The molecule has 0 spiro atoms. The number of amides is 1. The highest BCUT2D eigenvalue weighted by atomic mass is 79.9. The van der Waals surface area contributed by atoms with Crippen molar-refractivity contribution in [3.63, 3.8) is 0 Å². The van der Waals surface area contributed by atoms with E-state index in [0.717, 1.165) is 0 Å². The van der Waals surface area contributed by atoms with Crippen molar-refractivity contribution >= 4 is 44.8 Å². The van der Waals surface area contributed by atoms with Crippen LogP contribution >= 0.6 is 27.5 Å². The average Bonchev–Trinajstić information content (AvgIpc) is 2.48. The number of nitro groups is 1. The molecule has 0 atom stereocenters. The van der Waals surface area contributed by atoms with Gasteiger partial charge < -0.3 is 4.90 Å². The van der Waals surface area contributed by atoms with Crippen LogP contribution in [0.2, 0.25) is 5.02 Å². The number of anilines is 1. The number of nitrogens with zero attached hydrogens (tertiary/aromatic N) is 2. The third kappa shape index (κ3) is 3.40. The van der Waals surface area contributed by atoms with Crippen LogP contribution in [0.25, 0.3) is 0 Å². The third-order valence-electron chi connectivity index (χ3n) is 2.92. The van der Waals surface area contributed by atoms with Gasteiger partial charge in [-0.1, -0.05) is 11.6 Å². The molecule has 0 N–H and O–H groups in total. The summed E-state index contributed by atoms with van der Waals surface area (Å²) >= 11 is 9.23. The fourth-order valence-electron chi connectivity index (χ4n) is 1.74. The topological polar surface area (TPSA) is 63.5 Å². The Hall–Kier alpha value is -1.92. The first-order valence-corrected chi connectivity index (χ1v) is 7.05. The number of hydrogen-bond donors (Lipinski definition) is 0. The van der Waals surface area contributed by atoms with E-state index in [2.05, 4.69) is 15.9 Å². The SMILES string of the molecule is CN(C(=O)c1ccc(Br)c(Cl)c1)c1ccc([N+](=O)[O-])cc1. The van der Waals surface area contributed by atoms with E-state index in [1.165, 1.54) is 29.2 Å². The van der Waals surface area contributed by atoms with Gasteiger partial charge in [-0.15, -0.1) is 0 Å². The van der Waals surface area contributed by atoms with Crippen LogP contribution in [0.15, 0.2) is 46.9 Å². The molecule has 0 bridgehead atoms. The highest BCUT2D eigenvalue weighted by Crippen LogP contribution is 2.25. The third-order valence-corrected chi connectivity index (χ3v) is 4.15. The van der Waals surface area contributed by atoms with Crippen LogP contribution in [0.1, 0.15) is 10.4 Å². The Morgan fingerprint density at radius 1 is 1.24 bits per heavy atom. The van der Waals surface area contributed by atoms with Crippen LogP contribution < -0.4 is 4.90 Å². The Morgan fingerprint density at radius 2 is 1.86 bits per heavy atom. The maximum atomic E-state index is 12.3. The highest BCUT2D eigenvalue weighted by Gasteiger charge is 2.15. The van der Waals surface area contributed by atoms with Gasteiger partial charge in [0.1, 0.15) is 0 Å². The summed E-state index contributed by atoms with van der Waals surface area (Å²) in [5.41, 5.74) is 0.972. The molecule has 0 unspecified atom stereocenters. The van der Waals surface area contributed by atoms with Gasteiger partial charge in [0.2, 0.25) is 0 Å². The predicted molar refractivity (Wildman–Crippen MR) is 85.0 cm³/mol. The Morgan fingerprint density at radius 3 is 2.38 bits per heavy atom. The molecular formula is C14H10BrClN2O3. The maximum Gasteiger partial charge on any atom is 0.269 e. The molecule has 0 radical (unpaired) electrons. The number of hydrogen-bond acceptors (Lipinski definition) is 3. The monoisotopic (exact) mass is 368 g/mol. The zero-order valence-corrected chi connectivity index (χ0v) is 13.3. The van der Waals surface area contributed by atoms with Crippen LogP contribution in [-0.4, -0.2) is 17.9 Å². The molecule has 1 amide bonds. The summed E-state index contributed by atoms with van der Waals surface area (Å²) in [5.74, 6) is -0.252. The van der Waals surface area contributed by atoms with Crippen LogP contribution in [0.4, 0.5) is 11.4 Å². The summed E-state index contributed by atoms with van der Waals surface area (Å²) < 4.78 is 0.707. The maximum absolute atomic E-state index is 12.3. The zero-order chi connectivity index (χ0) is 15.6. The van der Waals surface area contributed by atoms with Gasteiger partial charge in [0.15, 0.2) is 0 Å².